The maximum absolute atomic E-state index is 11.3. The molecule has 2 aromatic carbocycles. The normalized spacial score (nSPS) is 12.0. The predicted octanol–water partition coefficient (Wildman–Crippen LogP) is 4.72. The molecule has 1 N–H and O–H groups in total. The van der Waals surface area contributed by atoms with E-state index in [1.807, 2.05) is 0 Å². The molecule has 0 spiro atoms. The highest BCUT2D eigenvalue weighted by Crippen LogP contribution is 2.26. The molecule has 3 nitrogen and oxygen atoms in total. The Morgan fingerprint density at radius 1 is 1.05 bits per heavy atom. The van der Waals surface area contributed by atoms with E-state index >= 15 is 0 Å². The SMILES string of the molecule is O=C(O)C(Cc1ccc(Cl)c(Cl)c1)Oc1ccccc1Cl. The van der Waals surface area contributed by atoms with Crippen LogP contribution in [0.2, 0.25) is 15.1 Å². The van der Waals surface area contributed by atoms with Crippen LogP contribution in [-0.2, 0) is 11.2 Å². The van der Waals surface area contributed by atoms with Crippen molar-refractivity contribution < 1.29 is 14.6 Å². The number of carboxylic acid groups (broad SMARTS) is 1. The summed E-state index contributed by atoms with van der Waals surface area (Å²) < 4.78 is 5.47. The molecule has 110 valence electrons. The second-order valence-electron chi connectivity index (χ2n) is 4.33. The third kappa shape index (κ3) is 4.27. The number of hydrogen-bond acceptors (Lipinski definition) is 2. The molecule has 0 saturated heterocycles. The third-order valence-electron chi connectivity index (χ3n) is 2.79. The number of rotatable bonds is 5. The number of hydrogen-bond donors (Lipinski definition) is 1. The van der Waals surface area contributed by atoms with Crippen molar-refractivity contribution in [3.05, 3.63) is 63.1 Å². The summed E-state index contributed by atoms with van der Waals surface area (Å²) in [5.74, 6) is -0.757. The van der Waals surface area contributed by atoms with Crippen LogP contribution in [-0.4, -0.2) is 17.2 Å². The number of benzene rings is 2. The zero-order chi connectivity index (χ0) is 15.4. The Morgan fingerprint density at radius 3 is 2.38 bits per heavy atom. The van der Waals surface area contributed by atoms with Gasteiger partial charge in [0.25, 0.3) is 0 Å². The number of aliphatic carboxylic acids is 1. The Labute approximate surface area is 137 Å². The highest BCUT2D eigenvalue weighted by molar-refractivity contribution is 6.42. The van der Waals surface area contributed by atoms with Crippen molar-refractivity contribution >= 4 is 40.8 Å². The summed E-state index contributed by atoms with van der Waals surface area (Å²) in [5.41, 5.74) is 0.712. The molecule has 0 fully saturated rings. The molecule has 1 atom stereocenters. The zero-order valence-corrected chi connectivity index (χ0v) is 13.0. The molecule has 0 radical (unpaired) electrons. The van der Waals surface area contributed by atoms with Gasteiger partial charge in [-0.25, -0.2) is 4.79 Å². The first-order valence-electron chi connectivity index (χ1n) is 6.05. The fourth-order valence-electron chi connectivity index (χ4n) is 1.75. The molecule has 21 heavy (non-hydrogen) atoms. The lowest BCUT2D eigenvalue weighted by atomic mass is 10.1. The average molecular weight is 346 g/mol. The van der Waals surface area contributed by atoms with Crippen LogP contribution in [0, 0.1) is 0 Å². The van der Waals surface area contributed by atoms with Gasteiger partial charge in [0.15, 0.2) is 6.10 Å². The Morgan fingerprint density at radius 2 is 1.76 bits per heavy atom. The Kier molecular flexibility index (Phi) is 5.34. The Balaban J connectivity index is 2.18. The fourth-order valence-corrected chi connectivity index (χ4v) is 2.25. The maximum Gasteiger partial charge on any atom is 0.345 e. The molecule has 6 heteroatoms. The minimum atomic E-state index is -1.08. The van der Waals surface area contributed by atoms with Crippen LogP contribution in [0.1, 0.15) is 5.56 Å². The number of halogens is 3. The van der Waals surface area contributed by atoms with Crippen LogP contribution in [0.15, 0.2) is 42.5 Å². The first-order chi connectivity index (χ1) is 9.97. The van der Waals surface area contributed by atoms with Crippen LogP contribution in [0.25, 0.3) is 0 Å². The van der Waals surface area contributed by atoms with Crippen LogP contribution >= 0.6 is 34.8 Å². The van der Waals surface area contributed by atoms with Crippen molar-refractivity contribution in [1.29, 1.82) is 0 Å². The van der Waals surface area contributed by atoms with Gasteiger partial charge in [-0.15, -0.1) is 0 Å². The molecule has 0 saturated carbocycles. The maximum atomic E-state index is 11.3. The first-order valence-corrected chi connectivity index (χ1v) is 7.18. The average Bonchev–Trinajstić information content (AvgIpc) is 2.44. The van der Waals surface area contributed by atoms with Crippen LogP contribution in [0.3, 0.4) is 0 Å². The summed E-state index contributed by atoms with van der Waals surface area (Å²) in [4.78, 5) is 11.3. The molecule has 0 aliphatic heterocycles. The summed E-state index contributed by atoms with van der Waals surface area (Å²) in [7, 11) is 0. The quantitative estimate of drug-likeness (QED) is 0.852. The van der Waals surface area contributed by atoms with Crippen molar-refractivity contribution in [3.63, 3.8) is 0 Å². The highest BCUT2D eigenvalue weighted by Gasteiger charge is 2.21. The van der Waals surface area contributed by atoms with E-state index in [4.69, 9.17) is 39.5 Å². The van der Waals surface area contributed by atoms with Gasteiger partial charge in [0.05, 0.1) is 15.1 Å². The molecule has 0 bridgehead atoms. The first kappa shape index (κ1) is 16.0. The molecular weight excluding hydrogens is 335 g/mol. The molecule has 0 aromatic heterocycles. The summed E-state index contributed by atoms with van der Waals surface area (Å²) in [6.45, 7) is 0. The summed E-state index contributed by atoms with van der Waals surface area (Å²) in [6, 6.07) is 11.7. The van der Waals surface area contributed by atoms with Crippen molar-refractivity contribution in [1.82, 2.24) is 0 Å². The Hall–Kier alpha value is -1.42. The topological polar surface area (TPSA) is 46.5 Å². The van der Waals surface area contributed by atoms with Crippen LogP contribution in [0.5, 0.6) is 5.75 Å². The van der Waals surface area contributed by atoms with Gasteiger partial charge < -0.3 is 9.84 Å². The standard InChI is InChI=1S/C15H11Cl3O3/c16-10-6-5-9(7-12(10)18)8-14(15(19)20)21-13-4-2-1-3-11(13)17/h1-7,14H,8H2,(H,19,20). The molecule has 2 rings (SSSR count). The van der Waals surface area contributed by atoms with Gasteiger partial charge in [-0.3, -0.25) is 0 Å². The van der Waals surface area contributed by atoms with E-state index < -0.39 is 12.1 Å². The van der Waals surface area contributed by atoms with Gasteiger partial charge in [-0.1, -0.05) is 53.0 Å². The van der Waals surface area contributed by atoms with Gasteiger partial charge in [0, 0.05) is 6.42 Å². The second kappa shape index (κ2) is 7.03. The molecule has 1 unspecified atom stereocenters. The van der Waals surface area contributed by atoms with E-state index in [1.165, 1.54) is 0 Å². The van der Waals surface area contributed by atoms with E-state index in [9.17, 15) is 9.90 Å². The van der Waals surface area contributed by atoms with Crippen molar-refractivity contribution in [2.45, 2.75) is 12.5 Å². The number of carbonyl (C=O) groups is 1. The molecule has 0 aliphatic carbocycles. The van der Waals surface area contributed by atoms with Gasteiger partial charge >= 0.3 is 5.97 Å². The van der Waals surface area contributed by atoms with Gasteiger partial charge in [-0.05, 0) is 29.8 Å². The number of ether oxygens (including phenoxy) is 1. The van der Waals surface area contributed by atoms with E-state index in [0.717, 1.165) is 0 Å². The largest absolute Gasteiger partial charge is 0.478 e. The van der Waals surface area contributed by atoms with Crippen molar-refractivity contribution in [2.24, 2.45) is 0 Å². The van der Waals surface area contributed by atoms with E-state index in [-0.39, 0.29) is 6.42 Å². The smallest absolute Gasteiger partial charge is 0.345 e. The lowest BCUT2D eigenvalue weighted by Gasteiger charge is -2.16. The zero-order valence-electron chi connectivity index (χ0n) is 10.7. The monoisotopic (exact) mass is 344 g/mol. The lowest BCUT2D eigenvalue weighted by Crippen LogP contribution is -2.29. The number of carboxylic acids is 1. The highest BCUT2D eigenvalue weighted by atomic mass is 35.5. The fraction of sp³-hybridized carbons (Fsp3) is 0.133. The van der Waals surface area contributed by atoms with Gasteiger partial charge in [0.1, 0.15) is 5.75 Å². The van der Waals surface area contributed by atoms with E-state index in [0.29, 0.717) is 26.4 Å². The third-order valence-corrected chi connectivity index (χ3v) is 3.84. The molecular formula is C15H11Cl3O3. The Bertz CT molecular complexity index is 658. The van der Waals surface area contributed by atoms with Crippen LogP contribution in [0.4, 0.5) is 0 Å². The van der Waals surface area contributed by atoms with E-state index in [1.54, 1.807) is 42.5 Å². The van der Waals surface area contributed by atoms with E-state index in [2.05, 4.69) is 0 Å². The minimum Gasteiger partial charge on any atom is -0.478 e. The molecule has 0 heterocycles. The minimum absolute atomic E-state index is 0.150. The summed E-state index contributed by atoms with van der Waals surface area (Å²) >= 11 is 17.7. The van der Waals surface area contributed by atoms with Crippen molar-refractivity contribution in [3.8, 4) is 5.75 Å². The summed E-state index contributed by atoms with van der Waals surface area (Å²) in [6.07, 6.45) is -0.917. The van der Waals surface area contributed by atoms with Crippen LogP contribution < -0.4 is 4.74 Å². The predicted molar refractivity (Wildman–Crippen MR) is 83.7 cm³/mol. The lowest BCUT2D eigenvalue weighted by molar-refractivity contribution is -0.145. The van der Waals surface area contributed by atoms with Gasteiger partial charge in [0.2, 0.25) is 0 Å². The summed E-state index contributed by atoms with van der Waals surface area (Å²) in [5, 5.41) is 10.4. The van der Waals surface area contributed by atoms with Gasteiger partial charge in [-0.2, -0.15) is 0 Å². The number of para-hydroxylation sites is 1. The molecule has 2 aromatic rings. The molecule has 0 aliphatic rings. The molecule has 0 amide bonds. The second-order valence-corrected chi connectivity index (χ2v) is 5.55. The van der Waals surface area contributed by atoms with Crippen molar-refractivity contribution in [2.75, 3.05) is 0 Å².